The van der Waals surface area contributed by atoms with Crippen molar-refractivity contribution in [1.82, 2.24) is 10.3 Å². The van der Waals surface area contributed by atoms with Crippen molar-refractivity contribution < 1.29 is 14.0 Å². The van der Waals surface area contributed by atoms with Crippen LogP contribution in [0.1, 0.15) is 24.3 Å². The Morgan fingerprint density at radius 2 is 1.66 bits per heavy atom. The predicted molar refractivity (Wildman–Crippen MR) is 111 cm³/mol. The van der Waals surface area contributed by atoms with E-state index in [2.05, 4.69) is 20.9 Å². The zero-order chi connectivity index (χ0) is 20.2. The van der Waals surface area contributed by atoms with E-state index in [1.54, 1.807) is 31.2 Å². The standard InChI is InChI=1S/C22H22N4O3/c1-14-19(26-21(29-14)15-5-3-2-4-6-15)13-20(27)23-16-7-9-17(10-8-16)24-22(28)25-18-11-12-18/h2-10,18H,11-13H2,1H3,(H,23,27)(H2,24,25,28). The van der Waals surface area contributed by atoms with E-state index in [-0.39, 0.29) is 18.4 Å². The van der Waals surface area contributed by atoms with Crippen LogP contribution < -0.4 is 16.0 Å². The molecule has 148 valence electrons. The summed E-state index contributed by atoms with van der Waals surface area (Å²) < 4.78 is 5.70. The van der Waals surface area contributed by atoms with Crippen LogP contribution in [0.3, 0.4) is 0 Å². The lowest BCUT2D eigenvalue weighted by molar-refractivity contribution is -0.115. The minimum Gasteiger partial charge on any atom is -0.441 e. The summed E-state index contributed by atoms with van der Waals surface area (Å²) in [7, 11) is 0. The van der Waals surface area contributed by atoms with E-state index in [0.29, 0.717) is 34.8 Å². The van der Waals surface area contributed by atoms with Crippen LogP contribution >= 0.6 is 0 Å². The molecule has 3 amide bonds. The third-order valence-electron chi connectivity index (χ3n) is 4.58. The van der Waals surface area contributed by atoms with Gasteiger partial charge in [0.15, 0.2) is 0 Å². The first-order valence-corrected chi connectivity index (χ1v) is 9.56. The first-order valence-electron chi connectivity index (χ1n) is 9.56. The highest BCUT2D eigenvalue weighted by Crippen LogP contribution is 2.22. The van der Waals surface area contributed by atoms with E-state index >= 15 is 0 Å². The molecule has 0 bridgehead atoms. The molecule has 1 fully saturated rings. The van der Waals surface area contributed by atoms with E-state index in [1.165, 1.54) is 0 Å². The van der Waals surface area contributed by atoms with Crippen LogP contribution in [0.5, 0.6) is 0 Å². The van der Waals surface area contributed by atoms with Crippen LogP contribution in [0.15, 0.2) is 59.0 Å². The molecular formula is C22H22N4O3. The Hall–Kier alpha value is -3.61. The summed E-state index contributed by atoms with van der Waals surface area (Å²) in [5.41, 5.74) is 2.79. The minimum absolute atomic E-state index is 0.117. The number of nitrogens with zero attached hydrogens (tertiary/aromatic N) is 1. The van der Waals surface area contributed by atoms with Crippen LogP contribution in [0.2, 0.25) is 0 Å². The number of benzene rings is 2. The molecule has 1 saturated carbocycles. The molecule has 0 saturated heterocycles. The number of aryl methyl sites for hydroxylation is 1. The lowest BCUT2D eigenvalue weighted by atomic mass is 10.2. The van der Waals surface area contributed by atoms with Crippen molar-refractivity contribution in [2.75, 3.05) is 10.6 Å². The summed E-state index contributed by atoms with van der Waals surface area (Å²) in [5.74, 6) is 0.944. The molecule has 2 aromatic carbocycles. The highest BCUT2D eigenvalue weighted by atomic mass is 16.4. The SMILES string of the molecule is Cc1oc(-c2ccccc2)nc1CC(=O)Nc1ccc(NC(=O)NC2CC2)cc1. The number of amides is 3. The van der Waals surface area contributed by atoms with Crippen molar-refractivity contribution in [2.24, 2.45) is 0 Å². The fourth-order valence-corrected chi connectivity index (χ4v) is 2.87. The number of oxazole rings is 1. The molecule has 1 aliphatic carbocycles. The number of carbonyl (C=O) groups is 2. The molecule has 0 atom stereocenters. The molecule has 29 heavy (non-hydrogen) atoms. The Morgan fingerprint density at radius 1 is 1.00 bits per heavy atom. The number of hydrogen-bond acceptors (Lipinski definition) is 4. The van der Waals surface area contributed by atoms with E-state index in [4.69, 9.17) is 4.42 Å². The van der Waals surface area contributed by atoms with Crippen molar-refractivity contribution in [2.45, 2.75) is 32.2 Å². The fourth-order valence-electron chi connectivity index (χ4n) is 2.87. The second-order valence-corrected chi connectivity index (χ2v) is 7.06. The molecule has 7 heteroatoms. The molecular weight excluding hydrogens is 368 g/mol. The van der Waals surface area contributed by atoms with Gasteiger partial charge in [-0.15, -0.1) is 0 Å². The highest BCUT2D eigenvalue weighted by molar-refractivity contribution is 5.93. The average molecular weight is 390 g/mol. The first-order chi connectivity index (χ1) is 14.1. The lowest BCUT2D eigenvalue weighted by Crippen LogP contribution is -2.30. The minimum atomic E-state index is -0.208. The predicted octanol–water partition coefficient (Wildman–Crippen LogP) is 4.12. The normalized spacial score (nSPS) is 13.0. The molecule has 4 rings (SSSR count). The molecule has 1 aromatic heterocycles. The van der Waals surface area contributed by atoms with Gasteiger partial charge in [0.1, 0.15) is 5.76 Å². The second-order valence-electron chi connectivity index (χ2n) is 7.06. The molecule has 3 aromatic rings. The van der Waals surface area contributed by atoms with Crippen molar-refractivity contribution in [3.8, 4) is 11.5 Å². The van der Waals surface area contributed by atoms with Crippen molar-refractivity contribution in [3.05, 3.63) is 66.1 Å². The van der Waals surface area contributed by atoms with E-state index in [0.717, 1.165) is 18.4 Å². The molecule has 1 aliphatic rings. The van der Waals surface area contributed by atoms with Gasteiger partial charge in [0, 0.05) is 23.0 Å². The number of carbonyl (C=O) groups excluding carboxylic acids is 2. The molecule has 0 spiro atoms. The number of anilines is 2. The number of rotatable bonds is 6. The van der Waals surface area contributed by atoms with E-state index < -0.39 is 0 Å². The average Bonchev–Trinajstić information content (AvgIpc) is 3.45. The van der Waals surface area contributed by atoms with Gasteiger partial charge in [0.2, 0.25) is 11.8 Å². The Balaban J connectivity index is 1.33. The Kier molecular flexibility index (Phi) is 5.29. The number of urea groups is 1. The third-order valence-corrected chi connectivity index (χ3v) is 4.58. The van der Waals surface area contributed by atoms with Crippen LogP contribution in [0.25, 0.3) is 11.5 Å². The fraction of sp³-hybridized carbons (Fsp3) is 0.227. The Morgan fingerprint density at radius 3 is 2.31 bits per heavy atom. The molecule has 7 nitrogen and oxygen atoms in total. The van der Waals surface area contributed by atoms with Crippen LogP contribution in [0, 0.1) is 6.92 Å². The van der Waals surface area contributed by atoms with Gasteiger partial charge < -0.3 is 20.4 Å². The summed E-state index contributed by atoms with van der Waals surface area (Å²) in [6, 6.07) is 16.7. The number of nitrogens with one attached hydrogen (secondary N) is 3. The molecule has 0 radical (unpaired) electrons. The molecule has 0 aliphatic heterocycles. The molecule has 0 unspecified atom stereocenters. The van der Waals surface area contributed by atoms with Gasteiger partial charge in [-0.2, -0.15) is 0 Å². The maximum Gasteiger partial charge on any atom is 0.319 e. The van der Waals surface area contributed by atoms with Crippen LogP contribution in [0.4, 0.5) is 16.2 Å². The third kappa shape index (κ3) is 5.01. The Labute approximate surface area is 168 Å². The van der Waals surface area contributed by atoms with Gasteiger partial charge in [-0.25, -0.2) is 9.78 Å². The largest absolute Gasteiger partial charge is 0.441 e. The summed E-state index contributed by atoms with van der Waals surface area (Å²) in [5, 5.41) is 8.47. The maximum atomic E-state index is 12.4. The van der Waals surface area contributed by atoms with E-state index in [1.807, 2.05) is 30.3 Å². The van der Waals surface area contributed by atoms with Crippen molar-refractivity contribution in [1.29, 1.82) is 0 Å². The van der Waals surface area contributed by atoms with Gasteiger partial charge >= 0.3 is 6.03 Å². The van der Waals surface area contributed by atoms with Crippen LogP contribution in [-0.4, -0.2) is 23.0 Å². The first kappa shape index (κ1) is 18.7. The summed E-state index contributed by atoms with van der Waals surface area (Å²) >= 11 is 0. The number of hydrogen-bond donors (Lipinski definition) is 3. The zero-order valence-corrected chi connectivity index (χ0v) is 16.1. The van der Waals surface area contributed by atoms with Gasteiger partial charge in [-0.05, 0) is 56.2 Å². The van der Waals surface area contributed by atoms with Crippen molar-refractivity contribution in [3.63, 3.8) is 0 Å². The Bertz CT molecular complexity index is 1010. The van der Waals surface area contributed by atoms with Gasteiger partial charge in [0.05, 0.1) is 12.1 Å². The van der Waals surface area contributed by atoms with Crippen molar-refractivity contribution >= 4 is 23.3 Å². The summed E-state index contributed by atoms with van der Waals surface area (Å²) in [6.45, 7) is 1.80. The summed E-state index contributed by atoms with van der Waals surface area (Å²) in [6.07, 6.45) is 2.19. The second kappa shape index (κ2) is 8.18. The highest BCUT2D eigenvalue weighted by Gasteiger charge is 2.23. The van der Waals surface area contributed by atoms with Gasteiger partial charge in [0.25, 0.3) is 0 Å². The molecule has 1 heterocycles. The zero-order valence-electron chi connectivity index (χ0n) is 16.1. The topological polar surface area (TPSA) is 96.3 Å². The maximum absolute atomic E-state index is 12.4. The lowest BCUT2D eigenvalue weighted by Gasteiger charge is -2.08. The number of aromatic nitrogens is 1. The monoisotopic (exact) mass is 390 g/mol. The summed E-state index contributed by atoms with van der Waals surface area (Å²) in [4.78, 5) is 28.6. The van der Waals surface area contributed by atoms with Gasteiger partial charge in [-0.1, -0.05) is 18.2 Å². The molecule has 3 N–H and O–H groups in total. The van der Waals surface area contributed by atoms with E-state index in [9.17, 15) is 9.59 Å². The smallest absolute Gasteiger partial charge is 0.319 e. The quantitative estimate of drug-likeness (QED) is 0.590. The van der Waals surface area contributed by atoms with Crippen LogP contribution in [-0.2, 0) is 11.2 Å². The van der Waals surface area contributed by atoms with Gasteiger partial charge in [-0.3, -0.25) is 4.79 Å².